The van der Waals surface area contributed by atoms with Gasteiger partial charge >= 0.3 is 0 Å². The molecule has 0 spiro atoms. The Balaban J connectivity index is 1.27. The molecule has 3 aliphatic heterocycles. The van der Waals surface area contributed by atoms with Crippen LogP contribution in [0, 0.1) is 5.41 Å². The van der Waals surface area contributed by atoms with Crippen molar-refractivity contribution < 1.29 is 19.1 Å². The lowest BCUT2D eigenvalue weighted by Gasteiger charge is -2.32. The molecule has 1 aromatic carbocycles. The molecule has 2 amide bonds. The van der Waals surface area contributed by atoms with E-state index in [1.807, 2.05) is 45.0 Å². The third kappa shape index (κ3) is 5.72. The first kappa shape index (κ1) is 26.7. The quantitative estimate of drug-likeness (QED) is 0.333. The summed E-state index contributed by atoms with van der Waals surface area (Å²) in [6.07, 6.45) is 4.71. The molecule has 0 aromatic heterocycles. The van der Waals surface area contributed by atoms with Crippen molar-refractivity contribution in [1.82, 2.24) is 15.1 Å². The van der Waals surface area contributed by atoms with Crippen LogP contribution in [-0.2, 0) is 14.3 Å². The van der Waals surface area contributed by atoms with Crippen LogP contribution in [0.1, 0.15) is 74.7 Å². The molecule has 10 heteroatoms. The number of fused-ring (bicyclic) bond motifs is 1. The summed E-state index contributed by atoms with van der Waals surface area (Å²) in [6, 6.07) is 6.32. The van der Waals surface area contributed by atoms with Gasteiger partial charge in [0.1, 0.15) is 18.7 Å². The van der Waals surface area contributed by atoms with Crippen LogP contribution in [0.3, 0.4) is 0 Å². The predicted octanol–water partition coefficient (Wildman–Crippen LogP) is 3.42. The molecule has 1 aliphatic carbocycles. The minimum atomic E-state index is -0.826. The Hall–Kier alpha value is -2.94. The zero-order valence-electron chi connectivity index (χ0n) is 22.5. The number of rotatable bonds is 7. The molecule has 4 atom stereocenters. The number of ketones is 1. The molecule has 5 rings (SSSR count). The number of amides is 2. The highest BCUT2D eigenvalue weighted by atomic mass is 16.5. The molecule has 1 N–H and O–H groups in total. The van der Waals surface area contributed by atoms with Crippen LogP contribution < -0.4 is 5.32 Å². The van der Waals surface area contributed by atoms with Crippen molar-refractivity contribution in [3.8, 4) is 0 Å². The number of hydrogen-bond donors (Lipinski definition) is 1. The number of carbonyl (C=O) groups excluding carboxylic acids is 3. The van der Waals surface area contributed by atoms with Crippen LogP contribution in [-0.4, -0.2) is 83.9 Å². The average Bonchev–Trinajstić information content (AvgIpc) is 3.58. The topological polar surface area (TPSA) is 128 Å². The van der Waals surface area contributed by atoms with Gasteiger partial charge in [0.25, 0.3) is 5.91 Å². The monoisotopic (exact) mass is 522 g/mol. The normalized spacial score (nSPS) is 27.1. The molecular weight excluding hydrogens is 484 g/mol. The van der Waals surface area contributed by atoms with Crippen LogP contribution in [0.2, 0.25) is 0 Å². The van der Waals surface area contributed by atoms with E-state index in [0.717, 1.165) is 32.0 Å². The van der Waals surface area contributed by atoms with Gasteiger partial charge in [-0.3, -0.25) is 14.4 Å². The molecule has 0 unspecified atom stereocenters. The Labute approximate surface area is 223 Å². The zero-order chi connectivity index (χ0) is 27.0. The van der Waals surface area contributed by atoms with Crippen molar-refractivity contribution in [2.45, 2.75) is 89.1 Å². The highest BCUT2D eigenvalue weighted by Gasteiger charge is 2.53. The third-order valence-electron chi connectivity index (χ3n) is 8.30. The summed E-state index contributed by atoms with van der Waals surface area (Å²) in [6.45, 7) is 8.27. The number of ether oxygens (including phenoxy) is 1. The van der Waals surface area contributed by atoms with Crippen molar-refractivity contribution in [2.24, 2.45) is 10.5 Å². The van der Waals surface area contributed by atoms with Gasteiger partial charge in [-0.15, -0.1) is 0 Å². The highest BCUT2D eigenvalue weighted by molar-refractivity contribution is 5.99. The van der Waals surface area contributed by atoms with Gasteiger partial charge in [0.05, 0.1) is 12.1 Å². The first-order valence-corrected chi connectivity index (χ1v) is 13.8. The molecule has 1 aromatic rings. The van der Waals surface area contributed by atoms with Crippen LogP contribution >= 0.6 is 0 Å². The maximum atomic E-state index is 13.7. The van der Waals surface area contributed by atoms with Gasteiger partial charge in [-0.05, 0) is 79.8 Å². The predicted molar refractivity (Wildman–Crippen MR) is 142 cm³/mol. The van der Waals surface area contributed by atoms with E-state index >= 15 is 0 Å². The third-order valence-corrected chi connectivity index (χ3v) is 8.30. The van der Waals surface area contributed by atoms with Crippen molar-refractivity contribution in [3.63, 3.8) is 0 Å². The smallest absolute Gasteiger partial charge is 0.251 e. The first-order valence-electron chi connectivity index (χ1n) is 13.8. The second-order valence-corrected chi connectivity index (χ2v) is 12.4. The fraction of sp³-hybridized carbons (Fsp3) is 0.679. The fourth-order valence-electron chi connectivity index (χ4n) is 6.22. The summed E-state index contributed by atoms with van der Waals surface area (Å²) in [5, 5.41) is 6.70. The van der Waals surface area contributed by atoms with Crippen molar-refractivity contribution in [2.75, 3.05) is 26.2 Å². The highest BCUT2D eigenvalue weighted by Crippen LogP contribution is 2.35. The summed E-state index contributed by atoms with van der Waals surface area (Å²) >= 11 is 0. The largest absolute Gasteiger partial charge is 0.367 e. The van der Waals surface area contributed by atoms with E-state index in [1.54, 1.807) is 0 Å². The van der Waals surface area contributed by atoms with Crippen LogP contribution in [0.15, 0.2) is 29.4 Å². The molecule has 4 aliphatic rings. The van der Waals surface area contributed by atoms with E-state index in [1.165, 1.54) is 23.3 Å². The van der Waals surface area contributed by atoms with Gasteiger partial charge in [-0.2, -0.15) is 0 Å². The second-order valence-electron chi connectivity index (χ2n) is 12.4. The van der Waals surface area contributed by atoms with E-state index in [0.29, 0.717) is 17.9 Å². The molecular formula is C28H38N6O4. The number of piperidine rings is 1. The van der Waals surface area contributed by atoms with Gasteiger partial charge in [0.15, 0.2) is 5.78 Å². The molecule has 0 radical (unpaired) electrons. The lowest BCUT2D eigenvalue weighted by Crippen LogP contribution is -2.53. The molecule has 0 bridgehead atoms. The Bertz CT molecular complexity index is 1110. The van der Waals surface area contributed by atoms with Crippen molar-refractivity contribution in [3.05, 3.63) is 45.8 Å². The van der Waals surface area contributed by atoms with Gasteiger partial charge in [-0.1, -0.05) is 38.0 Å². The Kier molecular flexibility index (Phi) is 7.49. The first-order chi connectivity index (χ1) is 18.1. The molecule has 1 saturated carbocycles. The van der Waals surface area contributed by atoms with Crippen molar-refractivity contribution >= 4 is 17.6 Å². The molecule has 3 heterocycles. The second kappa shape index (κ2) is 10.7. The maximum Gasteiger partial charge on any atom is 0.251 e. The lowest BCUT2D eigenvalue weighted by atomic mass is 9.87. The summed E-state index contributed by atoms with van der Waals surface area (Å²) in [4.78, 5) is 46.5. The van der Waals surface area contributed by atoms with Crippen LogP contribution in [0.5, 0.6) is 0 Å². The number of nitrogens with one attached hydrogen (secondary N) is 1. The Morgan fingerprint density at radius 2 is 1.84 bits per heavy atom. The van der Waals surface area contributed by atoms with E-state index in [-0.39, 0.29) is 36.2 Å². The molecule has 204 valence electrons. The number of azide groups is 1. The molecule has 3 saturated heterocycles. The minimum Gasteiger partial charge on any atom is -0.367 e. The summed E-state index contributed by atoms with van der Waals surface area (Å²) < 4.78 is 5.55. The van der Waals surface area contributed by atoms with Crippen LogP contribution in [0.4, 0.5) is 0 Å². The van der Waals surface area contributed by atoms with Gasteiger partial charge in [0.2, 0.25) is 5.91 Å². The average molecular weight is 523 g/mol. The van der Waals surface area contributed by atoms with Crippen molar-refractivity contribution in [1.29, 1.82) is 0 Å². The van der Waals surface area contributed by atoms with E-state index in [2.05, 4.69) is 20.2 Å². The SMILES string of the molecule is CC(C)(C)C[C@H](NC(=O)c1ccc(C2CCN(C3CC3)CC2)cc1)C(=O)N1C[C@@H](N=[N+]=[N-])[C@H]2OCC(=O)[C@H]21. The minimum absolute atomic E-state index is 0.0920. The van der Waals surface area contributed by atoms with Gasteiger partial charge in [0, 0.05) is 23.1 Å². The van der Waals surface area contributed by atoms with E-state index in [9.17, 15) is 14.4 Å². The number of carbonyl (C=O) groups is 3. The van der Waals surface area contributed by atoms with E-state index in [4.69, 9.17) is 10.3 Å². The van der Waals surface area contributed by atoms with Gasteiger partial charge in [-0.25, -0.2) is 0 Å². The number of Topliss-reactive ketones (excluding diaryl/α,β-unsaturated/α-hetero) is 1. The standard InChI is InChI=1S/C28H38N6O4/c1-28(2,3)14-21(27(37)34-15-22(31-32-29)25-24(34)23(35)16-38-25)30-26(36)19-6-4-17(5-7-19)18-10-12-33(13-11-18)20-8-9-20/h4-7,18,20-22,24-25H,8-16H2,1-3H3,(H,30,36)/t21-,22+,24+,25+/m0/s1. The number of nitrogens with zero attached hydrogens (tertiary/aromatic N) is 5. The van der Waals surface area contributed by atoms with Crippen LogP contribution in [0.25, 0.3) is 10.4 Å². The lowest BCUT2D eigenvalue weighted by molar-refractivity contribution is -0.138. The maximum absolute atomic E-state index is 13.7. The summed E-state index contributed by atoms with van der Waals surface area (Å²) in [7, 11) is 0. The number of hydrogen-bond acceptors (Lipinski definition) is 6. The number of benzene rings is 1. The molecule has 38 heavy (non-hydrogen) atoms. The fourth-order valence-corrected chi connectivity index (χ4v) is 6.22. The number of likely N-dealkylation sites (tertiary alicyclic amines) is 2. The molecule has 10 nitrogen and oxygen atoms in total. The Morgan fingerprint density at radius 3 is 2.45 bits per heavy atom. The zero-order valence-corrected chi connectivity index (χ0v) is 22.5. The van der Waals surface area contributed by atoms with E-state index < -0.39 is 24.2 Å². The van der Waals surface area contributed by atoms with Gasteiger partial charge < -0.3 is 19.9 Å². The molecule has 4 fully saturated rings. The Morgan fingerprint density at radius 1 is 1.16 bits per heavy atom. The summed E-state index contributed by atoms with van der Waals surface area (Å²) in [5.41, 5.74) is 10.4. The summed E-state index contributed by atoms with van der Waals surface area (Å²) in [5.74, 6) is -0.371.